The molecule has 1 heterocycles. The molecule has 0 amide bonds. The number of rotatable bonds is 7. The fourth-order valence-corrected chi connectivity index (χ4v) is 2.78. The third-order valence-electron chi connectivity index (χ3n) is 4.01. The van der Waals surface area contributed by atoms with Crippen LogP contribution in [0.3, 0.4) is 0 Å². The van der Waals surface area contributed by atoms with Crippen molar-refractivity contribution in [3.63, 3.8) is 0 Å². The predicted octanol–water partition coefficient (Wildman–Crippen LogP) is 5.41. The summed E-state index contributed by atoms with van der Waals surface area (Å²) in [5.74, 6) is 0.968. The fraction of sp³-hybridized carbons (Fsp3) is 0.300. The van der Waals surface area contributed by atoms with Gasteiger partial charge in [0, 0.05) is 18.1 Å². The minimum atomic E-state index is 0.612. The highest BCUT2D eigenvalue weighted by atomic mass is 16.5. The molecule has 0 radical (unpaired) electrons. The molecule has 2 aromatic carbocycles. The first-order chi connectivity index (χ1) is 10.9. The molecule has 0 saturated carbocycles. The lowest BCUT2D eigenvalue weighted by molar-refractivity contribution is 0.310. The van der Waals surface area contributed by atoms with Gasteiger partial charge in [0.15, 0.2) is 0 Å². The molecule has 0 N–H and O–H groups in total. The first-order valence-corrected chi connectivity index (χ1v) is 8.13. The van der Waals surface area contributed by atoms with Crippen LogP contribution in [0.2, 0.25) is 0 Å². The van der Waals surface area contributed by atoms with E-state index in [-0.39, 0.29) is 0 Å². The van der Waals surface area contributed by atoms with Crippen LogP contribution in [-0.4, -0.2) is 4.57 Å². The number of aryl methyl sites for hydroxylation is 1. The van der Waals surface area contributed by atoms with E-state index in [9.17, 15) is 0 Å². The first-order valence-electron chi connectivity index (χ1n) is 8.13. The maximum absolute atomic E-state index is 6.03. The largest absolute Gasteiger partial charge is 0.488 e. The van der Waals surface area contributed by atoms with Crippen LogP contribution in [0, 0.1) is 0 Å². The van der Waals surface area contributed by atoms with Gasteiger partial charge < -0.3 is 9.30 Å². The van der Waals surface area contributed by atoms with Gasteiger partial charge in [-0.25, -0.2) is 0 Å². The van der Waals surface area contributed by atoms with Crippen molar-refractivity contribution in [3.8, 4) is 5.75 Å². The quantitative estimate of drug-likeness (QED) is 0.531. The Morgan fingerprint density at radius 1 is 0.909 bits per heavy atom. The van der Waals surface area contributed by atoms with E-state index in [0.717, 1.165) is 12.3 Å². The Kier molecular flexibility index (Phi) is 4.79. The summed E-state index contributed by atoms with van der Waals surface area (Å²) in [6, 6.07) is 18.8. The van der Waals surface area contributed by atoms with Crippen molar-refractivity contribution in [1.82, 2.24) is 4.57 Å². The molecule has 3 aromatic rings. The number of benzene rings is 2. The van der Waals surface area contributed by atoms with E-state index in [0.29, 0.717) is 6.61 Å². The molecule has 0 saturated heterocycles. The Balaban J connectivity index is 1.76. The van der Waals surface area contributed by atoms with Crippen LogP contribution in [-0.2, 0) is 13.2 Å². The highest BCUT2D eigenvalue weighted by Crippen LogP contribution is 2.27. The van der Waals surface area contributed by atoms with E-state index in [1.807, 2.05) is 18.2 Å². The third-order valence-corrected chi connectivity index (χ3v) is 4.01. The van der Waals surface area contributed by atoms with E-state index >= 15 is 0 Å². The summed E-state index contributed by atoms with van der Waals surface area (Å²) >= 11 is 0. The second kappa shape index (κ2) is 7.17. The molecule has 0 unspecified atom stereocenters. The van der Waals surface area contributed by atoms with Crippen LogP contribution in [0.25, 0.3) is 10.9 Å². The van der Waals surface area contributed by atoms with E-state index in [1.165, 1.54) is 35.7 Å². The second-order valence-corrected chi connectivity index (χ2v) is 5.68. The maximum atomic E-state index is 6.03. The van der Waals surface area contributed by atoms with Crippen LogP contribution in [0.5, 0.6) is 5.75 Å². The zero-order valence-corrected chi connectivity index (χ0v) is 13.2. The topological polar surface area (TPSA) is 14.2 Å². The summed E-state index contributed by atoms with van der Waals surface area (Å²) in [6.45, 7) is 3.93. The van der Waals surface area contributed by atoms with Crippen LogP contribution in [0.4, 0.5) is 0 Å². The number of fused-ring (bicyclic) bond motifs is 1. The summed E-state index contributed by atoms with van der Waals surface area (Å²) in [6.07, 6.45) is 5.94. The Hall–Kier alpha value is -2.22. The van der Waals surface area contributed by atoms with E-state index in [2.05, 4.69) is 54.1 Å². The normalized spacial score (nSPS) is 11.0. The highest BCUT2D eigenvalue weighted by Gasteiger charge is 2.06. The summed E-state index contributed by atoms with van der Waals surface area (Å²) in [4.78, 5) is 0. The average molecular weight is 293 g/mol. The molecule has 0 aliphatic heterocycles. The number of nitrogens with zero attached hydrogens (tertiary/aromatic N) is 1. The van der Waals surface area contributed by atoms with E-state index < -0.39 is 0 Å². The Morgan fingerprint density at radius 2 is 1.77 bits per heavy atom. The van der Waals surface area contributed by atoms with Gasteiger partial charge in [-0.15, -0.1) is 0 Å². The molecule has 0 aliphatic rings. The number of hydrogen-bond donors (Lipinski definition) is 0. The number of unbranched alkanes of at least 4 members (excludes halogenated alkanes) is 2. The molecule has 0 fully saturated rings. The molecule has 2 nitrogen and oxygen atoms in total. The molecule has 1 aromatic heterocycles. The highest BCUT2D eigenvalue weighted by molar-refractivity contribution is 5.86. The summed E-state index contributed by atoms with van der Waals surface area (Å²) < 4.78 is 8.36. The minimum absolute atomic E-state index is 0.612. The van der Waals surface area contributed by atoms with Crippen LogP contribution in [0.1, 0.15) is 31.7 Å². The fourth-order valence-electron chi connectivity index (χ4n) is 2.78. The van der Waals surface area contributed by atoms with Crippen molar-refractivity contribution in [2.45, 2.75) is 39.3 Å². The van der Waals surface area contributed by atoms with Crippen LogP contribution >= 0.6 is 0 Å². The van der Waals surface area contributed by atoms with Crippen molar-refractivity contribution in [1.29, 1.82) is 0 Å². The molecule has 114 valence electrons. The van der Waals surface area contributed by atoms with Crippen molar-refractivity contribution in [3.05, 3.63) is 66.4 Å². The van der Waals surface area contributed by atoms with E-state index in [1.54, 1.807) is 0 Å². The smallest absolute Gasteiger partial charge is 0.129 e. The van der Waals surface area contributed by atoms with Gasteiger partial charge in [-0.2, -0.15) is 0 Å². The number of aromatic nitrogens is 1. The molecule has 22 heavy (non-hydrogen) atoms. The molecule has 0 bridgehead atoms. The van der Waals surface area contributed by atoms with Gasteiger partial charge >= 0.3 is 0 Å². The lowest BCUT2D eigenvalue weighted by Crippen LogP contribution is -1.97. The molecular weight excluding hydrogens is 270 g/mol. The predicted molar refractivity (Wildman–Crippen MR) is 92.2 cm³/mol. The molecule has 2 heteroatoms. The van der Waals surface area contributed by atoms with Gasteiger partial charge in [0.25, 0.3) is 0 Å². The van der Waals surface area contributed by atoms with E-state index in [4.69, 9.17) is 4.74 Å². The van der Waals surface area contributed by atoms with Crippen LogP contribution in [0.15, 0.2) is 60.8 Å². The number of hydrogen-bond acceptors (Lipinski definition) is 1. The monoisotopic (exact) mass is 293 g/mol. The lowest BCUT2D eigenvalue weighted by atomic mass is 10.2. The summed E-state index contributed by atoms with van der Waals surface area (Å²) in [5, 5.41) is 1.20. The van der Waals surface area contributed by atoms with Gasteiger partial charge in [-0.05, 0) is 30.2 Å². The van der Waals surface area contributed by atoms with Gasteiger partial charge in [-0.1, -0.05) is 56.2 Å². The molecule has 0 atom stereocenters. The Morgan fingerprint density at radius 3 is 2.59 bits per heavy atom. The zero-order chi connectivity index (χ0) is 15.2. The van der Waals surface area contributed by atoms with Crippen LogP contribution < -0.4 is 4.74 Å². The first kappa shape index (κ1) is 14.7. The lowest BCUT2D eigenvalue weighted by Gasteiger charge is -2.09. The molecule has 0 spiro atoms. The summed E-state index contributed by atoms with van der Waals surface area (Å²) in [7, 11) is 0. The maximum Gasteiger partial charge on any atom is 0.129 e. The van der Waals surface area contributed by atoms with Gasteiger partial charge in [0.2, 0.25) is 0 Å². The minimum Gasteiger partial charge on any atom is -0.488 e. The molecule has 3 rings (SSSR count). The number of ether oxygens (including phenoxy) is 1. The Bertz CT molecular complexity index is 715. The SMILES string of the molecule is CCCCCn1ccc2c(OCc3ccccc3)cccc21. The van der Waals surface area contributed by atoms with Crippen molar-refractivity contribution >= 4 is 10.9 Å². The second-order valence-electron chi connectivity index (χ2n) is 5.68. The standard InChI is InChI=1S/C20H23NO/c1-2-3-7-14-21-15-13-18-19(21)11-8-12-20(18)22-16-17-9-5-4-6-10-17/h4-6,8-13,15H,2-3,7,14,16H2,1H3. The molecule has 0 aliphatic carbocycles. The molecular formula is C20H23NO. The third kappa shape index (κ3) is 3.33. The van der Waals surface area contributed by atoms with Crippen molar-refractivity contribution < 1.29 is 4.74 Å². The van der Waals surface area contributed by atoms with Gasteiger partial charge in [0.05, 0.1) is 5.52 Å². The van der Waals surface area contributed by atoms with Gasteiger partial charge in [-0.3, -0.25) is 0 Å². The van der Waals surface area contributed by atoms with Gasteiger partial charge in [0.1, 0.15) is 12.4 Å². The van der Waals surface area contributed by atoms with Crippen molar-refractivity contribution in [2.24, 2.45) is 0 Å². The average Bonchev–Trinajstić information content (AvgIpc) is 2.98. The Labute approximate surface area is 132 Å². The van der Waals surface area contributed by atoms with Crippen molar-refractivity contribution in [2.75, 3.05) is 0 Å². The summed E-state index contributed by atoms with van der Waals surface area (Å²) in [5.41, 5.74) is 2.46. The zero-order valence-electron chi connectivity index (χ0n) is 13.2.